The van der Waals surface area contributed by atoms with Crippen LogP contribution in [-0.2, 0) is 6.18 Å². The molecule has 8 nitrogen and oxygen atoms in total. The minimum Gasteiger partial charge on any atom is -0.399 e. The summed E-state index contributed by atoms with van der Waals surface area (Å²) >= 11 is 0. The number of hydrogen-bond donors (Lipinski definition) is 2. The molecule has 4 amide bonds. The predicted molar refractivity (Wildman–Crippen MR) is 192 cm³/mol. The third-order valence-electron chi connectivity index (χ3n) is 9.26. The molecule has 0 saturated carbocycles. The second-order valence-corrected chi connectivity index (χ2v) is 12.4. The van der Waals surface area contributed by atoms with Gasteiger partial charge in [-0.2, -0.15) is 13.2 Å². The van der Waals surface area contributed by atoms with Crippen LogP contribution in [0.5, 0.6) is 0 Å². The monoisotopic (exact) mass is 694 g/mol. The van der Waals surface area contributed by atoms with E-state index < -0.39 is 41.1 Å². The zero-order chi connectivity index (χ0) is 36.5. The molecule has 0 unspecified atom stereocenters. The van der Waals surface area contributed by atoms with E-state index in [-0.39, 0.29) is 33.5 Å². The highest BCUT2D eigenvalue weighted by atomic mass is 19.4. The molecule has 6 aromatic carbocycles. The minimum atomic E-state index is -4.93. The van der Waals surface area contributed by atoms with Crippen LogP contribution in [0.15, 0.2) is 127 Å². The Labute approximate surface area is 294 Å². The van der Waals surface area contributed by atoms with Crippen molar-refractivity contribution in [3.63, 3.8) is 0 Å². The lowest BCUT2D eigenvalue weighted by atomic mass is 10.00. The number of amides is 4. The van der Waals surface area contributed by atoms with Gasteiger partial charge < -0.3 is 11.5 Å². The molecule has 11 heteroatoms. The lowest BCUT2D eigenvalue weighted by Gasteiger charge is -2.21. The average Bonchev–Trinajstić information content (AvgIpc) is 3.54. The SMILES string of the molecule is Nc1ccc(-c2ccc3c(c2)C(=O)N(c2ccc(-c4ccc(N5C(=O)c6ccc(-c7ccc(N)cc7)cc6C5=O)c(C(F)(F)F)c4)cc2)C3=O)cc1. The first-order chi connectivity index (χ1) is 24.9. The Morgan fingerprint density at radius 2 is 0.769 bits per heavy atom. The van der Waals surface area contributed by atoms with Crippen molar-refractivity contribution in [2.75, 3.05) is 21.3 Å². The first kappa shape index (κ1) is 32.2. The highest BCUT2D eigenvalue weighted by Gasteiger charge is 2.43. The number of imide groups is 2. The predicted octanol–water partition coefficient (Wildman–Crippen LogP) is 8.47. The summed E-state index contributed by atoms with van der Waals surface area (Å²) in [4.78, 5) is 55.3. The molecule has 2 aliphatic rings. The molecule has 52 heavy (non-hydrogen) atoms. The van der Waals surface area contributed by atoms with Crippen molar-refractivity contribution >= 4 is 46.4 Å². The van der Waals surface area contributed by atoms with Gasteiger partial charge in [0.05, 0.1) is 39.2 Å². The summed E-state index contributed by atoms with van der Waals surface area (Å²) in [7, 11) is 0. The molecular weight excluding hydrogens is 669 g/mol. The summed E-state index contributed by atoms with van der Waals surface area (Å²) < 4.78 is 43.8. The molecule has 8 rings (SSSR count). The fraction of sp³-hybridized carbons (Fsp3) is 0.0244. The Hall–Kier alpha value is -7.01. The maximum absolute atomic E-state index is 14.6. The van der Waals surface area contributed by atoms with Crippen LogP contribution >= 0.6 is 0 Å². The largest absolute Gasteiger partial charge is 0.418 e. The normalized spacial score (nSPS) is 13.9. The summed E-state index contributed by atoms with van der Waals surface area (Å²) in [5.74, 6) is -2.80. The second-order valence-electron chi connectivity index (χ2n) is 12.4. The number of benzene rings is 6. The fourth-order valence-corrected chi connectivity index (χ4v) is 6.59. The number of carbonyl (C=O) groups excluding carboxylic acids is 4. The molecule has 0 bridgehead atoms. The van der Waals surface area contributed by atoms with Crippen LogP contribution in [-0.4, -0.2) is 23.6 Å². The Bertz CT molecular complexity index is 2490. The van der Waals surface area contributed by atoms with E-state index in [0.717, 1.165) is 28.2 Å². The van der Waals surface area contributed by atoms with Gasteiger partial charge in [0.15, 0.2) is 0 Å². The van der Waals surface area contributed by atoms with Crippen molar-refractivity contribution in [1.82, 2.24) is 0 Å². The van der Waals surface area contributed by atoms with Crippen molar-refractivity contribution < 1.29 is 32.3 Å². The summed E-state index contributed by atoms with van der Waals surface area (Å²) in [6.07, 6.45) is -4.93. The van der Waals surface area contributed by atoms with Crippen LogP contribution in [0.1, 0.15) is 47.0 Å². The highest BCUT2D eigenvalue weighted by molar-refractivity contribution is 6.35. The number of fused-ring (bicyclic) bond motifs is 2. The Balaban J connectivity index is 1.08. The van der Waals surface area contributed by atoms with Gasteiger partial charge >= 0.3 is 6.18 Å². The van der Waals surface area contributed by atoms with E-state index in [1.807, 2.05) is 12.1 Å². The van der Waals surface area contributed by atoms with Gasteiger partial charge in [0, 0.05) is 11.4 Å². The molecular formula is C41H25F3N4O4. The summed E-state index contributed by atoms with van der Waals surface area (Å²) in [6.45, 7) is 0. The van der Waals surface area contributed by atoms with Crippen molar-refractivity contribution in [1.29, 1.82) is 0 Å². The molecule has 4 N–H and O–H groups in total. The molecule has 0 aliphatic carbocycles. The highest BCUT2D eigenvalue weighted by Crippen LogP contribution is 2.43. The van der Waals surface area contributed by atoms with E-state index in [1.165, 1.54) is 42.5 Å². The molecule has 0 saturated heterocycles. The van der Waals surface area contributed by atoms with Gasteiger partial charge in [-0.05, 0) is 106 Å². The van der Waals surface area contributed by atoms with Crippen molar-refractivity contribution in [2.24, 2.45) is 0 Å². The van der Waals surface area contributed by atoms with Crippen molar-refractivity contribution in [2.45, 2.75) is 6.18 Å². The van der Waals surface area contributed by atoms with Crippen LogP contribution in [0.3, 0.4) is 0 Å². The second kappa shape index (κ2) is 11.8. The number of nitrogen functional groups attached to an aromatic ring is 2. The summed E-state index contributed by atoms with van der Waals surface area (Å²) in [5.41, 5.74) is 14.9. The maximum atomic E-state index is 14.6. The average molecular weight is 695 g/mol. The van der Waals surface area contributed by atoms with Crippen LogP contribution in [0, 0.1) is 0 Å². The van der Waals surface area contributed by atoms with E-state index in [9.17, 15) is 32.3 Å². The quantitative estimate of drug-likeness (QED) is 0.138. The van der Waals surface area contributed by atoms with E-state index >= 15 is 0 Å². The zero-order valence-electron chi connectivity index (χ0n) is 26.9. The van der Waals surface area contributed by atoms with E-state index in [1.54, 1.807) is 60.7 Å². The third kappa shape index (κ3) is 5.26. The standard InChI is InChI=1S/C41H25F3N4O4/c42-41(43,44)35-21-27(9-18-36(35)48-38(50)32-17-8-26(20-34(32)40(48)52)23-3-12-29(46)13-4-23)24-5-14-30(15-6-24)47-37(49)31-16-7-25(19-33(31)39(47)51)22-1-10-28(45)11-2-22/h1-21H,45-46H2. The van der Waals surface area contributed by atoms with Gasteiger partial charge in [-0.25, -0.2) is 9.80 Å². The molecule has 0 radical (unpaired) electrons. The molecule has 0 fully saturated rings. The number of carbonyl (C=O) groups is 4. The van der Waals surface area contributed by atoms with Gasteiger partial charge in [0.25, 0.3) is 23.6 Å². The number of halogens is 3. The lowest BCUT2D eigenvalue weighted by Crippen LogP contribution is -2.31. The van der Waals surface area contributed by atoms with Crippen LogP contribution in [0.4, 0.5) is 35.9 Å². The molecule has 2 aliphatic heterocycles. The Kier molecular flexibility index (Phi) is 7.31. The number of alkyl halides is 3. The van der Waals surface area contributed by atoms with E-state index in [2.05, 4.69) is 0 Å². The minimum absolute atomic E-state index is 0.00776. The van der Waals surface area contributed by atoms with Crippen molar-refractivity contribution in [3.8, 4) is 33.4 Å². The van der Waals surface area contributed by atoms with Gasteiger partial charge in [0.1, 0.15) is 0 Å². The molecule has 0 aromatic heterocycles. The fourth-order valence-electron chi connectivity index (χ4n) is 6.59. The molecule has 0 atom stereocenters. The van der Waals surface area contributed by atoms with Gasteiger partial charge in [0.2, 0.25) is 0 Å². The number of nitrogens with two attached hydrogens (primary N) is 2. The summed E-state index contributed by atoms with van der Waals surface area (Å²) in [5, 5.41) is 0. The lowest BCUT2D eigenvalue weighted by molar-refractivity contribution is -0.137. The van der Waals surface area contributed by atoms with Crippen LogP contribution < -0.4 is 21.3 Å². The smallest absolute Gasteiger partial charge is 0.399 e. The number of hydrogen-bond acceptors (Lipinski definition) is 6. The molecule has 254 valence electrons. The van der Waals surface area contributed by atoms with Gasteiger partial charge in [-0.3, -0.25) is 19.2 Å². The van der Waals surface area contributed by atoms with Crippen molar-refractivity contribution in [3.05, 3.63) is 155 Å². The van der Waals surface area contributed by atoms with E-state index in [0.29, 0.717) is 33.0 Å². The topological polar surface area (TPSA) is 127 Å². The number of nitrogens with zero attached hydrogens (tertiary/aromatic N) is 2. The van der Waals surface area contributed by atoms with Gasteiger partial charge in [-0.15, -0.1) is 0 Å². The maximum Gasteiger partial charge on any atom is 0.418 e. The Morgan fingerprint density at radius 1 is 0.404 bits per heavy atom. The van der Waals surface area contributed by atoms with Gasteiger partial charge in [-0.1, -0.05) is 54.6 Å². The number of rotatable bonds is 5. The van der Waals surface area contributed by atoms with Crippen LogP contribution in [0.2, 0.25) is 0 Å². The molecule has 6 aromatic rings. The third-order valence-corrected chi connectivity index (χ3v) is 9.26. The first-order valence-corrected chi connectivity index (χ1v) is 16.0. The molecule has 2 heterocycles. The summed E-state index contributed by atoms with van der Waals surface area (Å²) in [6, 6.07) is 32.7. The number of anilines is 4. The van der Waals surface area contributed by atoms with Crippen LogP contribution in [0.25, 0.3) is 33.4 Å². The Morgan fingerprint density at radius 3 is 1.25 bits per heavy atom. The van der Waals surface area contributed by atoms with E-state index in [4.69, 9.17) is 11.5 Å². The molecule has 0 spiro atoms. The zero-order valence-corrected chi connectivity index (χ0v) is 26.9. The first-order valence-electron chi connectivity index (χ1n) is 16.0.